The van der Waals surface area contributed by atoms with E-state index in [1.165, 1.54) is 0 Å². The third-order valence-electron chi connectivity index (χ3n) is 3.23. The number of aliphatic carboxylic acids is 2. The fourth-order valence-electron chi connectivity index (χ4n) is 2.11. The van der Waals surface area contributed by atoms with Gasteiger partial charge in [-0.15, -0.1) is 0 Å². The van der Waals surface area contributed by atoms with Crippen molar-refractivity contribution in [2.24, 2.45) is 5.73 Å². The highest BCUT2D eigenvalue weighted by molar-refractivity contribution is 5.89. The summed E-state index contributed by atoms with van der Waals surface area (Å²) in [4.78, 5) is 33.3. The van der Waals surface area contributed by atoms with Crippen LogP contribution in [0.15, 0.2) is 0 Å². The molecule has 1 aliphatic carbocycles. The monoisotopic (exact) mass is 258 g/mol. The van der Waals surface area contributed by atoms with Crippen molar-refractivity contribution in [2.45, 2.75) is 50.1 Å². The summed E-state index contributed by atoms with van der Waals surface area (Å²) in [6.07, 6.45) is 2.05. The molecule has 1 aliphatic rings. The molecule has 0 unspecified atom stereocenters. The van der Waals surface area contributed by atoms with Crippen molar-refractivity contribution >= 4 is 17.8 Å². The summed E-state index contributed by atoms with van der Waals surface area (Å²) in [6, 6.07) is -0.988. The molecule has 0 aliphatic heterocycles. The lowest BCUT2D eigenvalue weighted by molar-refractivity contribution is -0.147. The van der Waals surface area contributed by atoms with Gasteiger partial charge >= 0.3 is 11.9 Å². The van der Waals surface area contributed by atoms with Crippen LogP contribution in [-0.2, 0) is 14.4 Å². The first-order valence-corrected chi connectivity index (χ1v) is 5.90. The minimum Gasteiger partial charge on any atom is -0.481 e. The molecule has 0 aromatic rings. The first-order chi connectivity index (χ1) is 8.37. The highest BCUT2D eigenvalue weighted by Crippen LogP contribution is 2.30. The van der Waals surface area contributed by atoms with Crippen molar-refractivity contribution in [2.75, 3.05) is 0 Å². The molecule has 0 saturated heterocycles. The fraction of sp³-hybridized carbons (Fsp3) is 0.727. The second-order valence-corrected chi connectivity index (χ2v) is 4.62. The molecule has 1 atom stereocenters. The Balaban J connectivity index is 2.56. The van der Waals surface area contributed by atoms with Crippen LogP contribution in [0.25, 0.3) is 0 Å². The summed E-state index contributed by atoms with van der Waals surface area (Å²) in [5, 5.41) is 20.1. The van der Waals surface area contributed by atoms with Crippen LogP contribution in [0.2, 0.25) is 0 Å². The van der Waals surface area contributed by atoms with Crippen LogP contribution in [0.5, 0.6) is 0 Å². The van der Waals surface area contributed by atoms with Gasteiger partial charge in [-0.1, -0.05) is 12.8 Å². The summed E-state index contributed by atoms with van der Waals surface area (Å²) in [5.41, 5.74) is 4.31. The Morgan fingerprint density at radius 2 is 1.78 bits per heavy atom. The molecule has 18 heavy (non-hydrogen) atoms. The zero-order valence-corrected chi connectivity index (χ0v) is 10.0. The molecule has 0 spiro atoms. The van der Waals surface area contributed by atoms with Gasteiger partial charge in [0.1, 0.15) is 5.54 Å². The Kier molecular flexibility index (Phi) is 4.66. The summed E-state index contributed by atoms with van der Waals surface area (Å²) in [6.45, 7) is 0. The lowest BCUT2D eigenvalue weighted by atomic mass is 9.97. The van der Waals surface area contributed by atoms with Crippen LogP contribution < -0.4 is 11.1 Å². The Labute approximate surface area is 104 Å². The van der Waals surface area contributed by atoms with Crippen molar-refractivity contribution in [3.05, 3.63) is 0 Å². The molecule has 102 valence electrons. The zero-order chi connectivity index (χ0) is 13.8. The number of carboxylic acids is 2. The van der Waals surface area contributed by atoms with E-state index in [2.05, 4.69) is 5.32 Å². The lowest BCUT2D eigenvalue weighted by Crippen LogP contribution is -2.56. The first kappa shape index (κ1) is 14.4. The van der Waals surface area contributed by atoms with Gasteiger partial charge in [0.15, 0.2) is 0 Å². The number of hydrogen-bond acceptors (Lipinski definition) is 4. The van der Waals surface area contributed by atoms with E-state index in [-0.39, 0.29) is 12.8 Å². The molecule has 7 heteroatoms. The maximum atomic E-state index is 11.7. The average Bonchev–Trinajstić information content (AvgIpc) is 2.75. The quantitative estimate of drug-likeness (QED) is 0.517. The van der Waals surface area contributed by atoms with Crippen LogP contribution >= 0.6 is 0 Å². The molecule has 1 amide bonds. The number of amides is 1. The van der Waals surface area contributed by atoms with E-state index >= 15 is 0 Å². The van der Waals surface area contributed by atoms with Crippen molar-refractivity contribution < 1.29 is 24.6 Å². The highest BCUT2D eigenvalue weighted by atomic mass is 16.4. The van der Waals surface area contributed by atoms with E-state index in [0.29, 0.717) is 12.8 Å². The molecule has 1 fully saturated rings. The number of nitrogens with one attached hydrogen (secondary N) is 1. The minimum absolute atomic E-state index is 0.00311. The van der Waals surface area contributed by atoms with Gasteiger partial charge in [0.05, 0.1) is 6.04 Å². The number of carbonyl (C=O) groups is 3. The second kappa shape index (κ2) is 5.81. The van der Waals surface area contributed by atoms with E-state index in [4.69, 9.17) is 15.9 Å². The van der Waals surface area contributed by atoms with Gasteiger partial charge in [-0.3, -0.25) is 9.59 Å². The van der Waals surface area contributed by atoms with E-state index < -0.39 is 29.4 Å². The topological polar surface area (TPSA) is 130 Å². The van der Waals surface area contributed by atoms with Gasteiger partial charge in [-0.05, 0) is 19.3 Å². The molecule has 7 nitrogen and oxygen atoms in total. The molecule has 0 radical (unpaired) electrons. The van der Waals surface area contributed by atoms with Crippen LogP contribution in [0.3, 0.4) is 0 Å². The van der Waals surface area contributed by atoms with Crippen molar-refractivity contribution in [1.29, 1.82) is 0 Å². The third kappa shape index (κ3) is 3.43. The van der Waals surface area contributed by atoms with E-state index in [1.54, 1.807) is 0 Å². The van der Waals surface area contributed by atoms with Gasteiger partial charge in [0.25, 0.3) is 0 Å². The molecule has 0 aromatic carbocycles. The summed E-state index contributed by atoms with van der Waals surface area (Å²) < 4.78 is 0. The normalized spacial score (nSPS) is 19.2. The van der Waals surface area contributed by atoms with Crippen molar-refractivity contribution in [3.8, 4) is 0 Å². The number of carbonyl (C=O) groups excluding carboxylic acids is 1. The van der Waals surface area contributed by atoms with Crippen LogP contribution in [-0.4, -0.2) is 39.6 Å². The Hall–Kier alpha value is -1.63. The second-order valence-electron chi connectivity index (χ2n) is 4.62. The summed E-state index contributed by atoms with van der Waals surface area (Å²) in [7, 11) is 0. The van der Waals surface area contributed by atoms with Gasteiger partial charge in [0.2, 0.25) is 5.91 Å². The average molecular weight is 258 g/mol. The molecule has 0 bridgehead atoms. The molecular formula is C11H18N2O5. The Morgan fingerprint density at radius 1 is 1.22 bits per heavy atom. The SMILES string of the molecule is N[C@@H](CCC(=O)O)C(=O)NC1(C(=O)O)CCCC1. The van der Waals surface area contributed by atoms with Gasteiger partial charge in [-0.25, -0.2) is 4.79 Å². The molecular weight excluding hydrogens is 240 g/mol. The van der Waals surface area contributed by atoms with Gasteiger partial charge < -0.3 is 21.3 Å². The smallest absolute Gasteiger partial charge is 0.329 e. The van der Waals surface area contributed by atoms with Gasteiger partial charge in [0, 0.05) is 6.42 Å². The Bertz CT molecular complexity index is 349. The number of rotatable bonds is 6. The van der Waals surface area contributed by atoms with Crippen LogP contribution in [0.1, 0.15) is 38.5 Å². The van der Waals surface area contributed by atoms with Crippen molar-refractivity contribution in [3.63, 3.8) is 0 Å². The lowest BCUT2D eigenvalue weighted by Gasteiger charge is -2.26. The predicted octanol–water partition coefficient (Wildman–Crippen LogP) is -0.308. The maximum absolute atomic E-state index is 11.7. The van der Waals surface area contributed by atoms with E-state index in [9.17, 15) is 14.4 Å². The highest BCUT2D eigenvalue weighted by Gasteiger charge is 2.43. The third-order valence-corrected chi connectivity index (χ3v) is 3.23. The molecule has 1 rings (SSSR count). The first-order valence-electron chi connectivity index (χ1n) is 5.90. The molecule has 0 aromatic heterocycles. The number of hydrogen-bond donors (Lipinski definition) is 4. The number of nitrogens with two attached hydrogens (primary N) is 1. The summed E-state index contributed by atoms with van der Waals surface area (Å²) >= 11 is 0. The van der Waals surface area contributed by atoms with Crippen LogP contribution in [0.4, 0.5) is 0 Å². The maximum Gasteiger partial charge on any atom is 0.329 e. The standard InChI is InChI=1S/C11H18N2O5/c12-7(3-4-8(14)15)9(16)13-11(10(17)18)5-1-2-6-11/h7H,1-6,12H2,(H,13,16)(H,14,15)(H,17,18)/t7-/m0/s1. The minimum atomic E-state index is -1.22. The van der Waals surface area contributed by atoms with Crippen LogP contribution in [0, 0.1) is 0 Å². The predicted molar refractivity (Wildman–Crippen MR) is 61.8 cm³/mol. The zero-order valence-electron chi connectivity index (χ0n) is 10.0. The molecule has 1 saturated carbocycles. The fourth-order valence-corrected chi connectivity index (χ4v) is 2.11. The largest absolute Gasteiger partial charge is 0.481 e. The van der Waals surface area contributed by atoms with Gasteiger partial charge in [-0.2, -0.15) is 0 Å². The Morgan fingerprint density at radius 3 is 2.22 bits per heavy atom. The van der Waals surface area contributed by atoms with Crippen molar-refractivity contribution in [1.82, 2.24) is 5.32 Å². The van der Waals surface area contributed by atoms with E-state index in [1.807, 2.05) is 0 Å². The molecule has 0 heterocycles. The molecule has 5 N–H and O–H groups in total. The summed E-state index contributed by atoms with van der Waals surface area (Å²) in [5.74, 6) is -2.69. The number of carboxylic acid groups (broad SMARTS) is 2. The van der Waals surface area contributed by atoms with E-state index in [0.717, 1.165) is 12.8 Å².